The SMILES string of the molecule is COc1cc(Br)c(CNCCO)c(OC)c1. The average molecular weight is 290 g/mol. The quantitative estimate of drug-likeness (QED) is 0.781. The van der Waals surface area contributed by atoms with Crippen molar-refractivity contribution >= 4 is 15.9 Å². The summed E-state index contributed by atoms with van der Waals surface area (Å²) in [7, 11) is 3.24. The Morgan fingerprint density at radius 3 is 2.62 bits per heavy atom. The lowest BCUT2D eigenvalue weighted by Gasteiger charge is -2.13. The number of rotatable bonds is 6. The van der Waals surface area contributed by atoms with E-state index in [1.807, 2.05) is 12.1 Å². The molecule has 0 atom stereocenters. The van der Waals surface area contributed by atoms with Crippen LogP contribution in [0.5, 0.6) is 11.5 Å². The molecule has 0 saturated heterocycles. The molecule has 5 heteroatoms. The maximum atomic E-state index is 8.70. The van der Waals surface area contributed by atoms with Crippen molar-refractivity contribution in [1.82, 2.24) is 5.32 Å². The molecule has 0 radical (unpaired) electrons. The van der Waals surface area contributed by atoms with Gasteiger partial charge in [-0.3, -0.25) is 0 Å². The first kappa shape index (κ1) is 13.3. The Hall–Kier alpha value is -0.780. The lowest BCUT2D eigenvalue weighted by molar-refractivity contribution is 0.291. The van der Waals surface area contributed by atoms with Crippen molar-refractivity contribution in [3.8, 4) is 11.5 Å². The molecule has 0 saturated carbocycles. The Kier molecular flexibility index (Phi) is 5.59. The van der Waals surface area contributed by atoms with Crippen molar-refractivity contribution in [3.63, 3.8) is 0 Å². The van der Waals surface area contributed by atoms with Crippen molar-refractivity contribution in [2.45, 2.75) is 6.54 Å². The molecule has 0 aliphatic rings. The average Bonchev–Trinajstić information content (AvgIpc) is 2.30. The van der Waals surface area contributed by atoms with Gasteiger partial charge in [0.2, 0.25) is 0 Å². The fraction of sp³-hybridized carbons (Fsp3) is 0.455. The van der Waals surface area contributed by atoms with Gasteiger partial charge in [-0.15, -0.1) is 0 Å². The molecule has 0 heterocycles. The van der Waals surface area contributed by atoms with Crippen LogP contribution >= 0.6 is 15.9 Å². The number of hydrogen-bond donors (Lipinski definition) is 2. The van der Waals surface area contributed by atoms with Gasteiger partial charge in [-0.2, -0.15) is 0 Å². The van der Waals surface area contributed by atoms with Crippen molar-refractivity contribution in [2.24, 2.45) is 0 Å². The molecule has 0 aliphatic heterocycles. The molecule has 4 nitrogen and oxygen atoms in total. The number of methoxy groups -OCH3 is 2. The van der Waals surface area contributed by atoms with Gasteiger partial charge in [0.1, 0.15) is 11.5 Å². The summed E-state index contributed by atoms with van der Waals surface area (Å²) in [6, 6.07) is 3.72. The van der Waals surface area contributed by atoms with Crippen molar-refractivity contribution in [3.05, 3.63) is 22.2 Å². The summed E-state index contributed by atoms with van der Waals surface area (Å²) in [5.41, 5.74) is 1.01. The van der Waals surface area contributed by atoms with E-state index in [9.17, 15) is 0 Å². The Morgan fingerprint density at radius 2 is 2.06 bits per heavy atom. The Bertz CT molecular complexity index is 344. The molecule has 0 aliphatic carbocycles. The van der Waals surface area contributed by atoms with Crippen LogP contribution in [0, 0.1) is 0 Å². The summed E-state index contributed by atoms with van der Waals surface area (Å²) in [5, 5.41) is 11.8. The minimum absolute atomic E-state index is 0.121. The number of benzene rings is 1. The first-order valence-electron chi connectivity index (χ1n) is 4.95. The van der Waals surface area contributed by atoms with E-state index in [-0.39, 0.29) is 6.61 Å². The standard InChI is InChI=1S/C11H16BrNO3/c1-15-8-5-10(12)9(7-13-3-4-14)11(6-8)16-2/h5-6,13-14H,3-4,7H2,1-2H3. The van der Waals surface area contributed by atoms with Crippen molar-refractivity contribution < 1.29 is 14.6 Å². The van der Waals surface area contributed by atoms with E-state index in [0.29, 0.717) is 13.1 Å². The van der Waals surface area contributed by atoms with E-state index < -0.39 is 0 Å². The molecule has 1 aromatic rings. The fourth-order valence-corrected chi connectivity index (χ4v) is 1.91. The predicted molar refractivity (Wildman–Crippen MR) is 66.0 cm³/mol. The molecule has 2 N–H and O–H groups in total. The molecule has 1 rings (SSSR count). The van der Waals surface area contributed by atoms with Gasteiger partial charge >= 0.3 is 0 Å². The van der Waals surface area contributed by atoms with Gasteiger partial charge in [0.05, 0.1) is 20.8 Å². The van der Waals surface area contributed by atoms with Gasteiger partial charge in [-0.25, -0.2) is 0 Å². The Morgan fingerprint density at radius 1 is 1.31 bits per heavy atom. The number of aliphatic hydroxyl groups excluding tert-OH is 1. The highest BCUT2D eigenvalue weighted by Gasteiger charge is 2.09. The molecule has 0 unspecified atom stereocenters. The van der Waals surface area contributed by atoms with Crippen LogP contribution in [0.15, 0.2) is 16.6 Å². The molecule has 0 fully saturated rings. The maximum Gasteiger partial charge on any atom is 0.128 e. The summed E-state index contributed by atoms with van der Waals surface area (Å²) in [5.74, 6) is 1.51. The van der Waals surface area contributed by atoms with E-state index in [2.05, 4.69) is 21.2 Å². The first-order chi connectivity index (χ1) is 7.72. The summed E-state index contributed by atoms with van der Waals surface area (Å²) in [6.07, 6.45) is 0. The fourth-order valence-electron chi connectivity index (χ4n) is 1.35. The lowest BCUT2D eigenvalue weighted by atomic mass is 10.2. The van der Waals surface area contributed by atoms with Gasteiger partial charge in [0.15, 0.2) is 0 Å². The third kappa shape index (κ3) is 3.37. The number of nitrogens with one attached hydrogen (secondary N) is 1. The summed E-state index contributed by atoms with van der Waals surface area (Å²) < 4.78 is 11.4. The van der Waals surface area contributed by atoms with Gasteiger partial charge < -0.3 is 19.9 Å². The first-order valence-corrected chi connectivity index (χ1v) is 5.74. The molecular formula is C11H16BrNO3. The molecule has 0 aromatic heterocycles. The highest BCUT2D eigenvalue weighted by Crippen LogP contribution is 2.32. The van der Waals surface area contributed by atoms with E-state index in [0.717, 1.165) is 21.5 Å². The summed E-state index contributed by atoms with van der Waals surface area (Å²) in [4.78, 5) is 0. The highest BCUT2D eigenvalue weighted by atomic mass is 79.9. The van der Waals surface area contributed by atoms with Crippen LogP contribution < -0.4 is 14.8 Å². The summed E-state index contributed by atoms with van der Waals surface area (Å²) >= 11 is 3.47. The monoisotopic (exact) mass is 289 g/mol. The minimum Gasteiger partial charge on any atom is -0.497 e. The molecule has 0 bridgehead atoms. The van der Waals surface area contributed by atoms with Crippen LogP contribution in [0.4, 0.5) is 0 Å². The van der Waals surface area contributed by atoms with Crippen molar-refractivity contribution in [2.75, 3.05) is 27.4 Å². The molecule has 1 aromatic carbocycles. The van der Waals surface area contributed by atoms with Gasteiger partial charge in [-0.05, 0) is 6.07 Å². The number of hydrogen-bond acceptors (Lipinski definition) is 4. The van der Waals surface area contributed by atoms with E-state index in [4.69, 9.17) is 14.6 Å². The minimum atomic E-state index is 0.121. The van der Waals surface area contributed by atoms with Gasteiger partial charge in [-0.1, -0.05) is 15.9 Å². The number of ether oxygens (including phenoxy) is 2. The Balaban J connectivity index is 2.88. The van der Waals surface area contributed by atoms with Gasteiger partial charge in [0.25, 0.3) is 0 Å². The molecule has 90 valence electrons. The number of aliphatic hydroxyl groups is 1. The largest absolute Gasteiger partial charge is 0.497 e. The third-order valence-electron chi connectivity index (χ3n) is 2.17. The predicted octanol–water partition coefficient (Wildman–Crippen LogP) is 1.55. The molecule has 0 amide bonds. The van der Waals surface area contributed by atoms with E-state index in [1.165, 1.54) is 0 Å². The second-order valence-electron chi connectivity index (χ2n) is 3.19. The lowest BCUT2D eigenvalue weighted by Crippen LogP contribution is -2.18. The zero-order valence-electron chi connectivity index (χ0n) is 9.42. The van der Waals surface area contributed by atoms with E-state index in [1.54, 1.807) is 14.2 Å². The van der Waals surface area contributed by atoms with Crippen LogP contribution in [0.2, 0.25) is 0 Å². The number of halogens is 1. The van der Waals surface area contributed by atoms with Gasteiger partial charge in [0, 0.05) is 29.2 Å². The zero-order valence-corrected chi connectivity index (χ0v) is 11.0. The van der Waals surface area contributed by atoms with E-state index >= 15 is 0 Å². The summed E-state index contributed by atoms with van der Waals surface area (Å²) in [6.45, 7) is 1.31. The van der Waals surface area contributed by atoms with Crippen LogP contribution in [-0.4, -0.2) is 32.5 Å². The van der Waals surface area contributed by atoms with Crippen LogP contribution in [-0.2, 0) is 6.54 Å². The van der Waals surface area contributed by atoms with Crippen molar-refractivity contribution in [1.29, 1.82) is 0 Å². The molecule has 0 spiro atoms. The Labute approximate surface area is 104 Å². The normalized spacial score (nSPS) is 10.2. The van der Waals surface area contributed by atoms with Crippen LogP contribution in [0.25, 0.3) is 0 Å². The van der Waals surface area contributed by atoms with Crippen LogP contribution in [0.1, 0.15) is 5.56 Å². The highest BCUT2D eigenvalue weighted by molar-refractivity contribution is 9.10. The second-order valence-corrected chi connectivity index (χ2v) is 4.04. The molecule has 16 heavy (non-hydrogen) atoms. The molecular weight excluding hydrogens is 274 g/mol. The van der Waals surface area contributed by atoms with Crippen LogP contribution in [0.3, 0.4) is 0 Å². The topological polar surface area (TPSA) is 50.7 Å². The maximum absolute atomic E-state index is 8.70. The smallest absolute Gasteiger partial charge is 0.128 e. The zero-order chi connectivity index (χ0) is 12.0. The third-order valence-corrected chi connectivity index (χ3v) is 2.88. The second kappa shape index (κ2) is 6.73.